The van der Waals surface area contributed by atoms with Gasteiger partial charge in [0.2, 0.25) is 0 Å². The minimum atomic E-state index is -0.477. The molecule has 1 N–H and O–H groups in total. The van der Waals surface area contributed by atoms with Gasteiger partial charge in [0, 0.05) is 24.0 Å². The van der Waals surface area contributed by atoms with Crippen molar-refractivity contribution in [2.24, 2.45) is 0 Å². The van der Waals surface area contributed by atoms with E-state index in [0.29, 0.717) is 11.3 Å². The number of imidazole rings is 1. The summed E-state index contributed by atoms with van der Waals surface area (Å²) < 4.78 is 15.6. The molecule has 0 radical (unpaired) electrons. The van der Waals surface area contributed by atoms with Crippen LogP contribution in [0.15, 0.2) is 42.7 Å². The van der Waals surface area contributed by atoms with Crippen molar-refractivity contribution in [3.8, 4) is 17.0 Å². The summed E-state index contributed by atoms with van der Waals surface area (Å²) in [5.74, 6) is -0.564. The number of hydrogen-bond donors (Lipinski definition) is 1. The van der Waals surface area contributed by atoms with Crippen molar-refractivity contribution in [3.05, 3.63) is 54.1 Å². The molecule has 3 rings (SSSR count). The number of benzene rings is 1. The number of phenolic OH excluding ortho intramolecular Hbond substituents is 1. The Morgan fingerprint density at radius 1 is 1.22 bits per heavy atom. The molecule has 2 aromatic heterocycles. The molecule has 0 bridgehead atoms. The van der Waals surface area contributed by atoms with Gasteiger partial charge in [-0.05, 0) is 36.8 Å². The maximum Gasteiger partial charge on any atom is 0.137 e. The Bertz CT molecular complexity index is 734. The molecule has 3 nitrogen and oxygen atoms in total. The zero-order valence-electron chi connectivity index (χ0n) is 9.76. The number of aromatic nitrogens is 2. The van der Waals surface area contributed by atoms with E-state index in [1.165, 1.54) is 12.1 Å². The molecule has 0 saturated heterocycles. The van der Waals surface area contributed by atoms with E-state index in [9.17, 15) is 9.50 Å². The lowest BCUT2D eigenvalue weighted by molar-refractivity contribution is 0.469. The Morgan fingerprint density at radius 2 is 2.06 bits per heavy atom. The number of aromatic hydroxyl groups is 1. The zero-order valence-corrected chi connectivity index (χ0v) is 9.76. The van der Waals surface area contributed by atoms with Gasteiger partial charge in [-0.1, -0.05) is 0 Å². The third-order valence-corrected chi connectivity index (χ3v) is 2.84. The van der Waals surface area contributed by atoms with E-state index < -0.39 is 5.82 Å². The summed E-state index contributed by atoms with van der Waals surface area (Å²) in [5, 5.41) is 9.19. The number of nitrogens with zero attached hydrogens (tertiary/aromatic N) is 2. The molecule has 0 unspecified atom stereocenters. The number of hydrogen-bond acceptors (Lipinski definition) is 2. The molecule has 0 amide bonds. The van der Waals surface area contributed by atoms with E-state index in [1.807, 2.05) is 29.7 Å². The molecule has 3 aromatic rings. The van der Waals surface area contributed by atoms with Crippen LogP contribution in [0.3, 0.4) is 0 Å². The minimum Gasteiger partial charge on any atom is -0.508 e. The number of pyridine rings is 1. The van der Waals surface area contributed by atoms with Crippen molar-refractivity contribution in [1.82, 2.24) is 9.38 Å². The van der Waals surface area contributed by atoms with Crippen molar-refractivity contribution in [3.63, 3.8) is 0 Å². The van der Waals surface area contributed by atoms with E-state index in [0.717, 1.165) is 17.3 Å². The summed E-state index contributed by atoms with van der Waals surface area (Å²) in [6.07, 6.45) is 3.66. The van der Waals surface area contributed by atoms with Gasteiger partial charge in [0.15, 0.2) is 0 Å². The fraction of sp³-hybridized carbons (Fsp3) is 0.0714. The molecular weight excluding hydrogens is 231 g/mol. The highest BCUT2D eigenvalue weighted by atomic mass is 19.1. The van der Waals surface area contributed by atoms with Crippen molar-refractivity contribution >= 4 is 5.65 Å². The molecule has 0 aliphatic heterocycles. The van der Waals surface area contributed by atoms with Crippen molar-refractivity contribution in [1.29, 1.82) is 0 Å². The average molecular weight is 242 g/mol. The monoisotopic (exact) mass is 242 g/mol. The molecule has 2 heterocycles. The summed E-state index contributed by atoms with van der Waals surface area (Å²) in [6.45, 7) is 1.98. The second kappa shape index (κ2) is 3.84. The normalized spacial score (nSPS) is 11.0. The molecule has 4 heteroatoms. The molecule has 0 fully saturated rings. The van der Waals surface area contributed by atoms with Crippen LogP contribution in [-0.2, 0) is 0 Å². The highest BCUT2D eigenvalue weighted by Gasteiger charge is 2.10. The number of fused-ring (bicyclic) bond motifs is 1. The van der Waals surface area contributed by atoms with Gasteiger partial charge in [-0.25, -0.2) is 9.37 Å². The number of rotatable bonds is 1. The number of halogens is 1. The summed E-state index contributed by atoms with van der Waals surface area (Å²) in [6, 6.07) is 7.96. The van der Waals surface area contributed by atoms with Crippen molar-refractivity contribution in [2.45, 2.75) is 6.92 Å². The van der Waals surface area contributed by atoms with Crippen LogP contribution >= 0.6 is 0 Å². The van der Waals surface area contributed by atoms with E-state index in [4.69, 9.17) is 0 Å². The van der Waals surface area contributed by atoms with E-state index in [2.05, 4.69) is 4.98 Å². The van der Waals surface area contributed by atoms with Gasteiger partial charge in [0.25, 0.3) is 0 Å². The minimum absolute atomic E-state index is 0.0872. The fourth-order valence-corrected chi connectivity index (χ4v) is 1.93. The van der Waals surface area contributed by atoms with Gasteiger partial charge in [-0.15, -0.1) is 0 Å². The van der Waals surface area contributed by atoms with Gasteiger partial charge >= 0.3 is 0 Å². The van der Waals surface area contributed by atoms with Gasteiger partial charge in [-0.2, -0.15) is 0 Å². The van der Waals surface area contributed by atoms with Crippen molar-refractivity contribution in [2.75, 3.05) is 0 Å². The van der Waals surface area contributed by atoms with Gasteiger partial charge in [0.05, 0.1) is 5.69 Å². The molecule has 0 atom stereocenters. The average Bonchev–Trinajstić information content (AvgIpc) is 2.71. The second-order valence-electron chi connectivity index (χ2n) is 4.26. The van der Waals surface area contributed by atoms with Crippen LogP contribution in [0.1, 0.15) is 5.56 Å². The lowest BCUT2D eigenvalue weighted by Crippen LogP contribution is -1.83. The molecule has 0 saturated carbocycles. The first-order valence-corrected chi connectivity index (χ1v) is 5.58. The Morgan fingerprint density at radius 3 is 2.83 bits per heavy atom. The van der Waals surface area contributed by atoms with Crippen LogP contribution in [0, 0.1) is 12.7 Å². The maximum atomic E-state index is 13.7. The van der Waals surface area contributed by atoms with Crippen molar-refractivity contribution < 1.29 is 9.50 Å². The third kappa shape index (κ3) is 1.72. The third-order valence-electron chi connectivity index (χ3n) is 2.84. The highest BCUT2D eigenvalue weighted by molar-refractivity contribution is 5.64. The molecular formula is C14H11FN2O. The summed E-state index contributed by atoms with van der Waals surface area (Å²) in [4.78, 5) is 4.38. The zero-order chi connectivity index (χ0) is 12.7. The maximum absolute atomic E-state index is 13.7. The Labute approximate surface area is 103 Å². The summed E-state index contributed by atoms with van der Waals surface area (Å²) in [5.41, 5.74) is 2.82. The first kappa shape index (κ1) is 10.8. The molecule has 1 aromatic carbocycles. The lowest BCUT2D eigenvalue weighted by Gasteiger charge is -1.99. The van der Waals surface area contributed by atoms with E-state index in [1.54, 1.807) is 6.20 Å². The van der Waals surface area contributed by atoms with Crippen LogP contribution in [0.5, 0.6) is 5.75 Å². The Hall–Kier alpha value is -2.36. The summed E-state index contributed by atoms with van der Waals surface area (Å²) >= 11 is 0. The molecule has 0 aliphatic rings. The standard InChI is InChI=1S/C14H11FN2O/c1-9-4-5-17-8-13(16-14(17)6-9)11-3-2-10(18)7-12(11)15/h2-8,18H,1H3. The first-order chi connectivity index (χ1) is 8.63. The topological polar surface area (TPSA) is 37.5 Å². The van der Waals surface area contributed by atoms with Crippen LogP contribution in [0.2, 0.25) is 0 Å². The van der Waals surface area contributed by atoms with E-state index in [-0.39, 0.29) is 5.75 Å². The van der Waals surface area contributed by atoms with Gasteiger partial charge in [0.1, 0.15) is 17.2 Å². The Balaban J connectivity index is 2.19. The number of aryl methyl sites for hydroxylation is 1. The quantitative estimate of drug-likeness (QED) is 0.711. The summed E-state index contributed by atoms with van der Waals surface area (Å²) in [7, 11) is 0. The van der Waals surface area contributed by atoms with Crippen LogP contribution in [0.4, 0.5) is 4.39 Å². The SMILES string of the molecule is Cc1ccn2cc(-c3ccc(O)cc3F)nc2c1. The predicted octanol–water partition coefficient (Wildman–Crippen LogP) is 3.15. The molecule has 0 spiro atoms. The highest BCUT2D eigenvalue weighted by Crippen LogP contribution is 2.25. The lowest BCUT2D eigenvalue weighted by atomic mass is 10.1. The van der Waals surface area contributed by atoms with Gasteiger partial charge in [-0.3, -0.25) is 0 Å². The van der Waals surface area contributed by atoms with Gasteiger partial charge < -0.3 is 9.51 Å². The largest absolute Gasteiger partial charge is 0.508 e. The van der Waals surface area contributed by atoms with Crippen LogP contribution in [0.25, 0.3) is 16.9 Å². The fourth-order valence-electron chi connectivity index (χ4n) is 1.93. The number of phenols is 1. The molecule has 0 aliphatic carbocycles. The Kier molecular flexibility index (Phi) is 2.30. The van der Waals surface area contributed by atoms with Crippen LogP contribution in [-0.4, -0.2) is 14.5 Å². The predicted molar refractivity (Wildman–Crippen MR) is 67.0 cm³/mol. The molecule has 18 heavy (non-hydrogen) atoms. The van der Waals surface area contributed by atoms with E-state index >= 15 is 0 Å². The first-order valence-electron chi connectivity index (χ1n) is 5.58. The van der Waals surface area contributed by atoms with Crippen LogP contribution < -0.4 is 0 Å². The smallest absolute Gasteiger partial charge is 0.137 e. The second-order valence-corrected chi connectivity index (χ2v) is 4.26. The molecule has 90 valence electrons.